The van der Waals surface area contributed by atoms with Gasteiger partial charge >= 0.3 is 0 Å². The molecule has 0 spiro atoms. The fourth-order valence-corrected chi connectivity index (χ4v) is 1.64. The van der Waals surface area contributed by atoms with Gasteiger partial charge in [0.25, 0.3) is 0 Å². The molecule has 0 saturated heterocycles. The maximum Gasteiger partial charge on any atom is 0.128 e. The number of aryl methyl sites for hydroxylation is 1. The SMILES string of the molecule is COc1cc(C)ccc1-c1ncccc1N. The van der Waals surface area contributed by atoms with Crippen molar-refractivity contribution in [1.29, 1.82) is 0 Å². The van der Waals surface area contributed by atoms with Gasteiger partial charge < -0.3 is 10.5 Å². The molecular weight excluding hydrogens is 200 g/mol. The number of aromatic nitrogens is 1. The van der Waals surface area contributed by atoms with E-state index < -0.39 is 0 Å². The fourth-order valence-electron chi connectivity index (χ4n) is 1.64. The zero-order valence-corrected chi connectivity index (χ0v) is 9.40. The molecular formula is C13H14N2O. The fraction of sp³-hybridized carbons (Fsp3) is 0.154. The van der Waals surface area contributed by atoms with E-state index in [1.807, 2.05) is 37.3 Å². The Morgan fingerprint density at radius 3 is 2.75 bits per heavy atom. The van der Waals surface area contributed by atoms with Crippen LogP contribution in [0.4, 0.5) is 5.69 Å². The van der Waals surface area contributed by atoms with Crippen molar-refractivity contribution < 1.29 is 4.74 Å². The zero-order chi connectivity index (χ0) is 11.5. The summed E-state index contributed by atoms with van der Waals surface area (Å²) in [5, 5.41) is 0. The lowest BCUT2D eigenvalue weighted by molar-refractivity contribution is 0.416. The van der Waals surface area contributed by atoms with Gasteiger partial charge in [-0.3, -0.25) is 4.98 Å². The minimum atomic E-state index is 0.657. The molecule has 0 bridgehead atoms. The third-order valence-electron chi connectivity index (χ3n) is 2.45. The van der Waals surface area contributed by atoms with Crippen LogP contribution in [0.15, 0.2) is 36.5 Å². The van der Waals surface area contributed by atoms with Crippen LogP contribution in [0.5, 0.6) is 5.75 Å². The van der Waals surface area contributed by atoms with Crippen LogP contribution in [0.1, 0.15) is 5.56 Å². The second-order valence-corrected chi connectivity index (χ2v) is 3.64. The summed E-state index contributed by atoms with van der Waals surface area (Å²) in [6, 6.07) is 9.63. The van der Waals surface area contributed by atoms with Crippen LogP contribution in [-0.4, -0.2) is 12.1 Å². The summed E-state index contributed by atoms with van der Waals surface area (Å²) in [7, 11) is 1.65. The van der Waals surface area contributed by atoms with Gasteiger partial charge in [-0.25, -0.2) is 0 Å². The minimum Gasteiger partial charge on any atom is -0.496 e. The van der Waals surface area contributed by atoms with E-state index in [1.54, 1.807) is 13.3 Å². The lowest BCUT2D eigenvalue weighted by atomic mass is 10.1. The van der Waals surface area contributed by atoms with E-state index in [9.17, 15) is 0 Å². The molecule has 0 atom stereocenters. The molecule has 3 heteroatoms. The predicted molar refractivity (Wildman–Crippen MR) is 65.4 cm³/mol. The highest BCUT2D eigenvalue weighted by molar-refractivity contribution is 5.77. The summed E-state index contributed by atoms with van der Waals surface area (Å²) in [5.74, 6) is 0.797. The van der Waals surface area contributed by atoms with Crippen LogP contribution < -0.4 is 10.5 Å². The van der Waals surface area contributed by atoms with Crippen molar-refractivity contribution >= 4 is 5.69 Å². The van der Waals surface area contributed by atoms with Gasteiger partial charge in [0.05, 0.1) is 18.5 Å². The van der Waals surface area contributed by atoms with Crippen molar-refractivity contribution in [2.75, 3.05) is 12.8 Å². The monoisotopic (exact) mass is 214 g/mol. The summed E-state index contributed by atoms with van der Waals surface area (Å²) in [6.07, 6.45) is 1.73. The normalized spacial score (nSPS) is 10.1. The molecule has 0 unspecified atom stereocenters. The predicted octanol–water partition coefficient (Wildman–Crippen LogP) is 2.65. The number of anilines is 1. The number of methoxy groups -OCH3 is 1. The summed E-state index contributed by atoms with van der Waals surface area (Å²) in [5.41, 5.74) is 9.39. The first-order valence-corrected chi connectivity index (χ1v) is 5.08. The molecule has 1 aromatic heterocycles. The first kappa shape index (κ1) is 10.5. The third kappa shape index (κ3) is 1.84. The largest absolute Gasteiger partial charge is 0.496 e. The van der Waals surface area contributed by atoms with Crippen LogP contribution in [0.2, 0.25) is 0 Å². The molecule has 3 nitrogen and oxygen atoms in total. The van der Waals surface area contributed by atoms with E-state index in [-0.39, 0.29) is 0 Å². The van der Waals surface area contributed by atoms with Crippen LogP contribution in [0.25, 0.3) is 11.3 Å². The molecule has 0 fully saturated rings. The molecule has 0 aliphatic heterocycles. The number of nitrogens with two attached hydrogens (primary N) is 1. The van der Waals surface area contributed by atoms with Gasteiger partial charge in [0.15, 0.2) is 0 Å². The zero-order valence-electron chi connectivity index (χ0n) is 9.40. The van der Waals surface area contributed by atoms with Gasteiger partial charge in [0, 0.05) is 11.8 Å². The van der Waals surface area contributed by atoms with E-state index in [1.165, 1.54) is 0 Å². The smallest absolute Gasteiger partial charge is 0.128 e. The first-order valence-electron chi connectivity index (χ1n) is 5.08. The van der Waals surface area contributed by atoms with Crippen molar-refractivity contribution in [1.82, 2.24) is 4.98 Å². The number of hydrogen-bond donors (Lipinski definition) is 1. The summed E-state index contributed by atoms with van der Waals surface area (Å²) < 4.78 is 5.34. The minimum absolute atomic E-state index is 0.657. The maximum absolute atomic E-state index is 5.90. The average Bonchev–Trinajstić information content (AvgIpc) is 2.30. The molecule has 0 aliphatic carbocycles. The van der Waals surface area contributed by atoms with Gasteiger partial charge in [-0.15, -0.1) is 0 Å². The van der Waals surface area contributed by atoms with Gasteiger partial charge in [-0.2, -0.15) is 0 Å². The molecule has 0 amide bonds. The molecule has 0 aliphatic rings. The van der Waals surface area contributed by atoms with E-state index in [4.69, 9.17) is 10.5 Å². The molecule has 0 saturated carbocycles. The summed E-state index contributed by atoms with van der Waals surface area (Å²) >= 11 is 0. The van der Waals surface area contributed by atoms with Crippen LogP contribution in [-0.2, 0) is 0 Å². The molecule has 1 aromatic carbocycles. The van der Waals surface area contributed by atoms with Gasteiger partial charge in [0.2, 0.25) is 0 Å². The van der Waals surface area contributed by atoms with Crippen molar-refractivity contribution in [3.8, 4) is 17.0 Å². The maximum atomic E-state index is 5.90. The van der Waals surface area contributed by atoms with E-state index in [0.717, 1.165) is 22.6 Å². The number of benzene rings is 1. The number of hydrogen-bond acceptors (Lipinski definition) is 3. The molecule has 2 rings (SSSR count). The first-order chi connectivity index (χ1) is 7.72. The Morgan fingerprint density at radius 1 is 1.25 bits per heavy atom. The van der Waals surface area contributed by atoms with Crippen molar-refractivity contribution in [3.63, 3.8) is 0 Å². The van der Waals surface area contributed by atoms with Gasteiger partial charge in [-0.05, 0) is 36.8 Å². The van der Waals surface area contributed by atoms with Crippen molar-refractivity contribution in [2.24, 2.45) is 0 Å². The quantitative estimate of drug-likeness (QED) is 0.836. The van der Waals surface area contributed by atoms with Crippen LogP contribution in [0.3, 0.4) is 0 Å². The number of pyridine rings is 1. The number of nitrogens with zero attached hydrogens (tertiary/aromatic N) is 1. The molecule has 1 heterocycles. The standard InChI is InChI=1S/C13H14N2O/c1-9-5-6-10(12(8-9)16-2)13-11(14)4-3-7-15-13/h3-8H,14H2,1-2H3. The molecule has 0 radical (unpaired) electrons. The Balaban J connectivity index is 2.60. The molecule has 82 valence electrons. The van der Waals surface area contributed by atoms with E-state index in [2.05, 4.69) is 4.98 Å². The van der Waals surface area contributed by atoms with Crippen molar-refractivity contribution in [3.05, 3.63) is 42.1 Å². The third-order valence-corrected chi connectivity index (χ3v) is 2.45. The van der Waals surface area contributed by atoms with Gasteiger partial charge in [0.1, 0.15) is 5.75 Å². The summed E-state index contributed by atoms with van der Waals surface area (Å²) in [6.45, 7) is 2.02. The number of ether oxygens (including phenoxy) is 1. The Bertz CT molecular complexity index is 509. The lowest BCUT2D eigenvalue weighted by Gasteiger charge is -2.10. The Kier molecular flexibility index (Phi) is 2.77. The summed E-state index contributed by atoms with van der Waals surface area (Å²) in [4.78, 5) is 4.28. The van der Waals surface area contributed by atoms with E-state index in [0.29, 0.717) is 5.69 Å². The number of rotatable bonds is 2. The van der Waals surface area contributed by atoms with Gasteiger partial charge in [-0.1, -0.05) is 6.07 Å². The van der Waals surface area contributed by atoms with Crippen molar-refractivity contribution in [2.45, 2.75) is 6.92 Å². The van der Waals surface area contributed by atoms with Crippen LogP contribution in [0, 0.1) is 6.92 Å². The molecule has 16 heavy (non-hydrogen) atoms. The topological polar surface area (TPSA) is 48.1 Å². The van der Waals surface area contributed by atoms with E-state index >= 15 is 0 Å². The lowest BCUT2D eigenvalue weighted by Crippen LogP contribution is -1.95. The highest BCUT2D eigenvalue weighted by atomic mass is 16.5. The molecule has 2 aromatic rings. The number of nitrogen functional groups attached to an aromatic ring is 1. The average molecular weight is 214 g/mol. The second kappa shape index (κ2) is 4.23. The molecule has 2 N–H and O–H groups in total. The highest BCUT2D eigenvalue weighted by Crippen LogP contribution is 2.32. The highest BCUT2D eigenvalue weighted by Gasteiger charge is 2.09. The Morgan fingerprint density at radius 2 is 2.06 bits per heavy atom. The second-order valence-electron chi connectivity index (χ2n) is 3.64. The Hall–Kier alpha value is -2.03. The Labute approximate surface area is 94.9 Å². The van der Waals surface area contributed by atoms with Crippen LogP contribution >= 0.6 is 0 Å².